The van der Waals surface area contributed by atoms with Crippen molar-refractivity contribution < 1.29 is 0 Å². The summed E-state index contributed by atoms with van der Waals surface area (Å²) in [7, 11) is 3.85. The van der Waals surface area contributed by atoms with Gasteiger partial charge in [-0.15, -0.1) is 0 Å². The molecule has 1 aliphatic carbocycles. The van der Waals surface area contributed by atoms with Crippen molar-refractivity contribution in [1.29, 1.82) is 0 Å². The molecular formula is C23H25N7. The molecule has 0 amide bonds. The summed E-state index contributed by atoms with van der Waals surface area (Å²) in [6.07, 6.45) is 14.6. The number of aromatic nitrogens is 6. The molecule has 1 fully saturated rings. The van der Waals surface area contributed by atoms with Crippen LogP contribution in [0.4, 0.5) is 5.82 Å². The van der Waals surface area contributed by atoms with Crippen LogP contribution in [-0.4, -0.2) is 35.6 Å². The molecule has 7 heteroatoms. The van der Waals surface area contributed by atoms with E-state index in [1.807, 2.05) is 55.8 Å². The fourth-order valence-electron chi connectivity index (χ4n) is 4.07. The van der Waals surface area contributed by atoms with Crippen molar-refractivity contribution in [2.45, 2.75) is 31.7 Å². The zero-order chi connectivity index (χ0) is 20.5. The summed E-state index contributed by atoms with van der Waals surface area (Å²) < 4.78 is 3.62. The number of benzene rings is 1. The van der Waals surface area contributed by atoms with E-state index in [0.717, 1.165) is 33.6 Å². The second-order valence-corrected chi connectivity index (χ2v) is 7.97. The summed E-state index contributed by atoms with van der Waals surface area (Å²) in [5.41, 5.74) is 5.18. The van der Waals surface area contributed by atoms with E-state index in [2.05, 4.69) is 33.7 Å². The number of nitrogens with zero attached hydrogens (tertiary/aromatic N) is 6. The molecule has 152 valence electrons. The van der Waals surface area contributed by atoms with E-state index in [1.165, 1.54) is 25.7 Å². The van der Waals surface area contributed by atoms with Crippen molar-refractivity contribution in [2.75, 3.05) is 5.32 Å². The zero-order valence-electron chi connectivity index (χ0n) is 17.3. The van der Waals surface area contributed by atoms with Gasteiger partial charge in [-0.25, -0.2) is 9.97 Å². The first-order valence-corrected chi connectivity index (χ1v) is 10.4. The Morgan fingerprint density at radius 2 is 1.57 bits per heavy atom. The summed E-state index contributed by atoms with van der Waals surface area (Å²) in [6.45, 7) is 0. The molecule has 1 aliphatic rings. The van der Waals surface area contributed by atoms with Crippen molar-refractivity contribution in [2.24, 2.45) is 14.1 Å². The molecule has 1 saturated carbocycles. The molecule has 0 bridgehead atoms. The zero-order valence-corrected chi connectivity index (χ0v) is 17.3. The minimum Gasteiger partial charge on any atom is -0.367 e. The van der Waals surface area contributed by atoms with Crippen molar-refractivity contribution in [3.8, 4) is 33.6 Å². The summed E-state index contributed by atoms with van der Waals surface area (Å²) >= 11 is 0. The molecule has 7 nitrogen and oxygen atoms in total. The minimum atomic E-state index is 0.463. The molecule has 1 aromatic carbocycles. The largest absolute Gasteiger partial charge is 0.367 e. The number of nitrogens with one attached hydrogen (secondary N) is 1. The second-order valence-electron chi connectivity index (χ2n) is 7.97. The lowest BCUT2D eigenvalue weighted by atomic mass is 10.1. The monoisotopic (exact) mass is 399 g/mol. The van der Waals surface area contributed by atoms with Crippen LogP contribution in [0, 0.1) is 0 Å². The summed E-state index contributed by atoms with van der Waals surface area (Å²) in [5.74, 6) is 1.60. The summed E-state index contributed by atoms with van der Waals surface area (Å²) in [5, 5.41) is 12.3. The molecule has 3 heterocycles. The van der Waals surface area contributed by atoms with E-state index in [0.29, 0.717) is 11.9 Å². The Morgan fingerprint density at radius 1 is 0.867 bits per heavy atom. The third-order valence-corrected chi connectivity index (χ3v) is 5.66. The second kappa shape index (κ2) is 7.74. The molecule has 0 radical (unpaired) electrons. The fraction of sp³-hybridized carbons (Fsp3) is 0.304. The minimum absolute atomic E-state index is 0.463. The number of aryl methyl sites for hydroxylation is 2. The predicted molar refractivity (Wildman–Crippen MR) is 118 cm³/mol. The molecular weight excluding hydrogens is 374 g/mol. The van der Waals surface area contributed by atoms with Crippen molar-refractivity contribution in [3.05, 3.63) is 55.2 Å². The highest BCUT2D eigenvalue weighted by Gasteiger charge is 2.19. The van der Waals surface area contributed by atoms with Gasteiger partial charge in [0.25, 0.3) is 0 Å². The van der Waals surface area contributed by atoms with Gasteiger partial charge in [-0.1, -0.05) is 31.0 Å². The van der Waals surface area contributed by atoms with Crippen molar-refractivity contribution >= 4 is 5.82 Å². The molecule has 4 aromatic rings. The Labute approximate surface area is 175 Å². The molecule has 0 unspecified atom stereocenters. The number of rotatable bonds is 5. The predicted octanol–water partition coefficient (Wildman–Crippen LogP) is 4.30. The van der Waals surface area contributed by atoms with Gasteiger partial charge in [-0.2, -0.15) is 10.2 Å². The third kappa shape index (κ3) is 3.70. The van der Waals surface area contributed by atoms with Crippen LogP contribution in [0.5, 0.6) is 0 Å². The highest BCUT2D eigenvalue weighted by Crippen LogP contribution is 2.31. The van der Waals surface area contributed by atoms with Crippen LogP contribution in [-0.2, 0) is 14.1 Å². The maximum Gasteiger partial charge on any atom is 0.161 e. The van der Waals surface area contributed by atoms with Crippen molar-refractivity contribution in [3.63, 3.8) is 0 Å². The Balaban J connectivity index is 1.54. The first-order chi connectivity index (χ1) is 14.7. The van der Waals surface area contributed by atoms with Crippen LogP contribution in [0.2, 0.25) is 0 Å². The van der Waals surface area contributed by atoms with Crippen LogP contribution in [0.3, 0.4) is 0 Å². The standard InChI is InChI=1S/C23H25N7/c1-29-14-18(11-25-29)16-6-5-7-17(10-16)22-24-13-21(19-12-26-30(2)15-19)23(28-22)27-20-8-3-4-9-20/h5-7,10-15,20H,3-4,8-9H2,1-2H3,(H,24,27,28). The van der Waals surface area contributed by atoms with Gasteiger partial charge in [0.05, 0.1) is 12.4 Å². The maximum atomic E-state index is 4.95. The van der Waals surface area contributed by atoms with Gasteiger partial charge in [0.2, 0.25) is 0 Å². The van der Waals surface area contributed by atoms with Gasteiger partial charge >= 0.3 is 0 Å². The summed E-state index contributed by atoms with van der Waals surface area (Å²) in [6, 6.07) is 8.76. The maximum absolute atomic E-state index is 4.95. The SMILES string of the molecule is Cn1cc(-c2cccc(-c3ncc(-c4cnn(C)c4)c(NC4CCCC4)n3)c2)cn1. The highest BCUT2D eigenvalue weighted by molar-refractivity contribution is 5.76. The van der Waals surface area contributed by atoms with E-state index in [4.69, 9.17) is 9.97 Å². The third-order valence-electron chi connectivity index (χ3n) is 5.66. The molecule has 0 saturated heterocycles. The first kappa shape index (κ1) is 18.5. The van der Waals surface area contributed by atoms with E-state index in [-0.39, 0.29) is 0 Å². The average Bonchev–Trinajstić information content (AvgIpc) is 3.51. The van der Waals surface area contributed by atoms with Crippen molar-refractivity contribution in [1.82, 2.24) is 29.5 Å². The number of hydrogen-bond donors (Lipinski definition) is 1. The van der Waals surface area contributed by atoms with Gasteiger partial charge in [-0.3, -0.25) is 9.36 Å². The van der Waals surface area contributed by atoms with Gasteiger partial charge in [0.1, 0.15) is 5.82 Å². The molecule has 3 aromatic heterocycles. The lowest BCUT2D eigenvalue weighted by Gasteiger charge is -2.16. The highest BCUT2D eigenvalue weighted by atomic mass is 15.2. The molecule has 0 aliphatic heterocycles. The van der Waals surface area contributed by atoms with Crippen LogP contribution >= 0.6 is 0 Å². The molecule has 5 rings (SSSR count). The molecule has 30 heavy (non-hydrogen) atoms. The van der Waals surface area contributed by atoms with Gasteiger partial charge in [-0.05, 0) is 24.5 Å². The van der Waals surface area contributed by atoms with Gasteiger partial charge < -0.3 is 5.32 Å². The van der Waals surface area contributed by atoms with Crippen LogP contribution in [0.25, 0.3) is 33.6 Å². The van der Waals surface area contributed by atoms with Crippen LogP contribution in [0.1, 0.15) is 25.7 Å². The average molecular weight is 400 g/mol. The molecule has 1 N–H and O–H groups in total. The Hall–Kier alpha value is -3.48. The van der Waals surface area contributed by atoms with E-state index >= 15 is 0 Å². The molecule has 0 spiro atoms. The van der Waals surface area contributed by atoms with E-state index in [9.17, 15) is 0 Å². The first-order valence-electron chi connectivity index (χ1n) is 10.4. The topological polar surface area (TPSA) is 73.5 Å². The Morgan fingerprint density at radius 3 is 2.27 bits per heavy atom. The van der Waals surface area contributed by atoms with E-state index in [1.54, 1.807) is 4.68 Å². The lowest BCUT2D eigenvalue weighted by Crippen LogP contribution is -2.16. The quantitative estimate of drug-likeness (QED) is 0.542. The van der Waals surface area contributed by atoms with Gasteiger partial charge in [0, 0.05) is 61.0 Å². The van der Waals surface area contributed by atoms with Crippen LogP contribution < -0.4 is 5.32 Å². The fourth-order valence-corrected chi connectivity index (χ4v) is 4.07. The Kier molecular flexibility index (Phi) is 4.78. The van der Waals surface area contributed by atoms with Crippen LogP contribution in [0.15, 0.2) is 55.2 Å². The van der Waals surface area contributed by atoms with E-state index < -0.39 is 0 Å². The summed E-state index contributed by atoms with van der Waals surface area (Å²) in [4.78, 5) is 9.65. The molecule has 0 atom stereocenters. The smallest absolute Gasteiger partial charge is 0.161 e. The number of anilines is 1. The normalized spacial score (nSPS) is 14.3. The lowest BCUT2D eigenvalue weighted by molar-refractivity contribution is 0.750. The van der Waals surface area contributed by atoms with Gasteiger partial charge in [0.15, 0.2) is 5.82 Å². The number of hydrogen-bond acceptors (Lipinski definition) is 5. The Bertz CT molecular complexity index is 1170.